The van der Waals surface area contributed by atoms with Crippen molar-refractivity contribution in [1.82, 2.24) is 9.55 Å². The maximum Gasteiger partial charge on any atom is 0.125 e. The fourth-order valence-corrected chi connectivity index (χ4v) is 2.26. The zero-order chi connectivity index (χ0) is 14.0. The predicted octanol–water partition coefficient (Wildman–Crippen LogP) is 2.79. The Morgan fingerprint density at radius 1 is 1.42 bits per heavy atom. The molecule has 0 unspecified atom stereocenters. The van der Waals surface area contributed by atoms with Crippen molar-refractivity contribution < 1.29 is 4.74 Å². The summed E-state index contributed by atoms with van der Waals surface area (Å²) in [6.45, 7) is 4.48. The molecule has 0 aliphatic rings. The van der Waals surface area contributed by atoms with Gasteiger partial charge in [-0.1, -0.05) is 17.7 Å². The lowest BCUT2D eigenvalue weighted by Gasteiger charge is -2.21. The molecule has 2 N–H and O–H groups in total. The number of ether oxygens (including phenoxy) is 1. The maximum atomic E-state index is 6.25. The van der Waals surface area contributed by atoms with Gasteiger partial charge in [-0.3, -0.25) is 0 Å². The van der Waals surface area contributed by atoms with Crippen LogP contribution in [0.4, 0.5) is 0 Å². The average Bonchev–Trinajstić information content (AvgIpc) is 2.79. The predicted molar refractivity (Wildman–Crippen MR) is 76.5 cm³/mol. The average molecular weight is 280 g/mol. The van der Waals surface area contributed by atoms with Gasteiger partial charge in [0.2, 0.25) is 0 Å². The number of hydrogen-bond acceptors (Lipinski definition) is 3. The van der Waals surface area contributed by atoms with Crippen molar-refractivity contribution in [2.24, 2.45) is 5.73 Å². The van der Waals surface area contributed by atoms with Crippen LogP contribution in [-0.4, -0.2) is 16.7 Å². The molecule has 4 nitrogen and oxygen atoms in total. The van der Waals surface area contributed by atoms with E-state index in [0.29, 0.717) is 11.6 Å². The Morgan fingerprint density at radius 2 is 2.16 bits per heavy atom. The summed E-state index contributed by atoms with van der Waals surface area (Å²) < 4.78 is 7.34. The van der Waals surface area contributed by atoms with Crippen molar-refractivity contribution in [2.45, 2.75) is 25.9 Å². The molecule has 2 rings (SSSR count). The van der Waals surface area contributed by atoms with Gasteiger partial charge in [-0.05, 0) is 26.0 Å². The van der Waals surface area contributed by atoms with Crippen molar-refractivity contribution in [3.63, 3.8) is 0 Å². The lowest BCUT2D eigenvalue weighted by Crippen LogP contribution is -2.31. The molecule has 0 fully saturated rings. The highest BCUT2D eigenvalue weighted by Gasteiger charge is 2.20. The standard InChI is InChI=1S/C14H18ClN3O/c1-14(2,16)13-7-17-9-18(13)8-10-11(15)5-4-6-12(10)19-3/h4-7,9H,8,16H2,1-3H3. The number of nitrogens with zero attached hydrogens (tertiary/aromatic N) is 2. The topological polar surface area (TPSA) is 53.1 Å². The summed E-state index contributed by atoms with van der Waals surface area (Å²) in [7, 11) is 1.64. The van der Waals surface area contributed by atoms with Gasteiger partial charge in [0.15, 0.2) is 0 Å². The van der Waals surface area contributed by atoms with E-state index in [0.717, 1.165) is 17.0 Å². The summed E-state index contributed by atoms with van der Waals surface area (Å²) in [5, 5.41) is 0.675. The van der Waals surface area contributed by atoms with E-state index in [2.05, 4.69) is 4.98 Å². The van der Waals surface area contributed by atoms with Crippen LogP contribution in [0.2, 0.25) is 5.02 Å². The fourth-order valence-electron chi connectivity index (χ4n) is 2.04. The SMILES string of the molecule is COc1cccc(Cl)c1Cn1cncc1C(C)(C)N. The number of nitrogens with two attached hydrogens (primary N) is 1. The van der Waals surface area contributed by atoms with Gasteiger partial charge >= 0.3 is 0 Å². The molecule has 0 radical (unpaired) electrons. The molecule has 5 heteroatoms. The lowest BCUT2D eigenvalue weighted by molar-refractivity contribution is 0.407. The first-order chi connectivity index (χ1) is 8.93. The molecule has 0 bridgehead atoms. The van der Waals surface area contributed by atoms with Gasteiger partial charge in [0, 0.05) is 16.8 Å². The van der Waals surface area contributed by atoms with E-state index in [1.54, 1.807) is 19.6 Å². The largest absolute Gasteiger partial charge is 0.496 e. The lowest BCUT2D eigenvalue weighted by atomic mass is 10.0. The van der Waals surface area contributed by atoms with Crippen molar-refractivity contribution in [1.29, 1.82) is 0 Å². The Bertz CT molecular complexity index is 572. The van der Waals surface area contributed by atoms with Gasteiger partial charge in [0.25, 0.3) is 0 Å². The summed E-state index contributed by atoms with van der Waals surface area (Å²) in [4.78, 5) is 4.17. The summed E-state index contributed by atoms with van der Waals surface area (Å²) in [5.74, 6) is 0.766. The Kier molecular flexibility index (Phi) is 3.83. The van der Waals surface area contributed by atoms with Crippen LogP contribution in [0.1, 0.15) is 25.1 Å². The Morgan fingerprint density at radius 3 is 2.79 bits per heavy atom. The summed E-state index contributed by atoms with van der Waals surface area (Å²) in [6.07, 6.45) is 3.54. The summed E-state index contributed by atoms with van der Waals surface area (Å²) in [6, 6.07) is 5.61. The van der Waals surface area contributed by atoms with Crippen LogP contribution >= 0.6 is 11.6 Å². The maximum absolute atomic E-state index is 6.25. The monoisotopic (exact) mass is 279 g/mol. The third kappa shape index (κ3) is 2.91. The minimum atomic E-state index is -0.453. The number of rotatable bonds is 4. The molecule has 2 aromatic rings. The molecule has 1 heterocycles. The molecule has 0 saturated heterocycles. The van der Waals surface area contributed by atoms with Gasteiger partial charge in [-0.2, -0.15) is 0 Å². The van der Waals surface area contributed by atoms with E-state index in [1.165, 1.54) is 0 Å². The minimum absolute atomic E-state index is 0.453. The van der Waals surface area contributed by atoms with Crippen LogP contribution < -0.4 is 10.5 Å². The van der Waals surface area contributed by atoms with E-state index in [1.807, 2.05) is 36.6 Å². The minimum Gasteiger partial charge on any atom is -0.496 e. The first-order valence-electron chi connectivity index (χ1n) is 6.04. The number of imidazole rings is 1. The first kappa shape index (κ1) is 13.9. The number of methoxy groups -OCH3 is 1. The molecule has 0 atom stereocenters. The molecule has 0 aliphatic carbocycles. The van der Waals surface area contributed by atoms with E-state index in [4.69, 9.17) is 22.1 Å². The first-order valence-corrected chi connectivity index (χ1v) is 6.42. The van der Waals surface area contributed by atoms with Gasteiger partial charge in [-0.15, -0.1) is 0 Å². The molecule has 0 saturated carbocycles. The highest BCUT2D eigenvalue weighted by Crippen LogP contribution is 2.28. The van der Waals surface area contributed by atoms with E-state index in [9.17, 15) is 0 Å². The highest BCUT2D eigenvalue weighted by atomic mass is 35.5. The third-order valence-corrected chi connectivity index (χ3v) is 3.35. The second kappa shape index (κ2) is 5.23. The van der Waals surface area contributed by atoms with Gasteiger partial charge in [-0.25, -0.2) is 4.98 Å². The van der Waals surface area contributed by atoms with E-state index >= 15 is 0 Å². The number of halogens is 1. The van der Waals surface area contributed by atoms with Crippen LogP contribution in [0.15, 0.2) is 30.7 Å². The molecule has 0 aliphatic heterocycles. The van der Waals surface area contributed by atoms with Crippen LogP contribution in [0.5, 0.6) is 5.75 Å². The Labute approximate surface area is 118 Å². The van der Waals surface area contributed by atoms with Crippen molar-refractivity contribution in [3.05, 3.63) is 47.0 Å². The summed E-state index contributed by atoms with van der Waals surface area (Å²) in [5.41, 5.74) is 7.57. The molecule has 19 heavy (non-hydrogen) atoms. The third-order valence-electron chi connectivity index (χ3n) is 3.00. The zero-order valence-electron chi connectivity index (χ0n) is 11.4. The van der Waals surface area contributed by atoms with E-state index < -0.39 is 5.54 Å². The Hall–Kier alpha value is -1.52. The molecule has 102 valence electrons. The zero-order valence-corrected chi connectivity index (χ0v) is 12.1. The normalized spacial score (nSPS) is 11.6. The smallest absolute Gasteiger partial charge is 0.125 e. The quantitative estimate of drug-likeness (QED) is 0.936. The number of hydrogen-bond donors (Lipinski definition) is 1. The van der Waals surface area contributed by atoms with Crippen LogP contribution in [0, 0.1) is 0 Å². The molecule has 0 spiro atoms. The van der Waals surface area contributed by atoms with Gasteiger partial charge in [0.05, 0.1) is 31.2 Å². The van der Waals surface area contributed by atoms with E-state index in [-0.39, 0.29) is 0 Å². The van der Waals surface area contributed by atoms with Gasteiger partial charge in [0.1, 0.15) is 5.75 Å². The van der Waals surface area contributed by atoms with Crippen LogP contribution in [0.3, 0.4) is 0 Å². The number of benzene rings is 1. The van der Waals surface area contributed by atoms with Crippen LogP contribution in [-0.2, 0) is 12.1 Å². The molecular weight excluding hydrogens is 262 g/mol. The van der Waals surface area contributed by atoms with Gasteiger partial charge < -0.3 is 15.0 Å². The molecule has 1 aromatic carbocycles. The Balaban J connectivity index is 2.40. The second-order valence-corrected chi connectivity index (χ2v) is 5.46. The van der Waals surface area contributed by atoms with Crippen molar-refractivity contribution in [3.8, 4) is 5.75 Å². The number of aromatic nitrogens is 2. The molecule has 0 amide bonds. The summed E-state index contributed by atoms with van der Waals surface area (Å²) >= 11 is 6.25. The van der Waals surface area contributed by atoms with Crippen LogP contribution in [0.25, 0.3) is 0 Å². The van der Waals surface area contributed by atoms with Crippen molar-refractivity contribution >= 4 is 11.6 Å². The van der Waals surface area contributed by atoms with Crippen molar-refractivity contribution in [2.75, 3.05) is 7.11 Å². The molecule has 1 aromatic heterocycles. The second-order valence-electron chi connectivity index (χ2n) is 5.05. The molecular formula is C14H18ClN3O. The highest BCUT2D eigenvalue weighted by molar-refractivity contribution is 6.31. The fraction of sp³-hybridized carbons (Fsp3) is 0.357.